The summed E-state index contributed by atoms with van der Waals surface area (Å²) in [4.78, 5) is 33.3. The summed E-state index contributed by atoms with van der Waals surface area (Å²) >= 11 is 0. The number of benzene rings is 1. The largest absolute Gasteiger partial charge is 1.00 e. The zero-order chi connectivity index (χ0) is 28.1. The number of ether oxygens (including phenoxy) is 1. The molecule has 40 heavy (non-hydrogen) atoms. The van der Waals surface area contributed by atoms with Crippen molar-refractivity contribution < 1.29 is 159 Å². The van der Waals surface area contributed by atoms with Crippen LogP contribution in [0.4, 0.5) is 26.3 Å². The topological polar surface area (TPSA) is 204 Å². The molecule has 1 fully saturated rings. The molecule has 2 heterocycles. The van der Waals surface area contributed by atoms with Crippen molar-refractivity contribution in [3.8, 4) is 11.3 Å². The van der Waals surface area contributed by atoms with Gasteiger partial charge in [0.2, 0.25) is 0 Å². The van der Waals surface area contributed by atoms with Gasteiger partial charge in [0, 0.05) is 25.0 Å². The van der Waals surface area contributed by atoms with Crippen LogP contribution in [0.1, 0.15) is 17.4 Å². The summed E-state index contributed by atoms with van der Waals surface area (Å²) in [5.74, 6) is -1.81. The predicted octanol–water partition coefficient (Wildman–Crippen LogP) is -9.52. The zero-order valence-electron chi connectivity index (χ0n) is 20.9. The van der Waals surface area contributed by atoms with Crippen LogP contribution in [-0.4, -0.2) is 66.8 Å². The van der Waals surface area contributed by atoms with E-state index in [-0.39, 0.29) is 94.7 Å². The monoisotopic (exact) mass is 651 g/mol. The van der Waals surface area contributed by atoms with Gasteiger partial charge in [-0.25, -0.2) is 4.68 Å². The molecule has 0 amide bonds. The third kappa shape index (κ3) is 10.6. The van der Waals surface area contributed by atoms with Crippen LogP contribution in [0.5, 0.6) is 0 Å². The summed E-state index contributed by atoms with van der Waals surface area (Å²) in [6.07, 6.45) is -20.6. The molecule has 1 aromatic heterocycles. The van der Waals surface area contributed by atoms with Crippen LogP contribution in [0.25, 0.3) is 11.3 Å². The van der Waals surface area contributed by atoms with Crippen molar-refractivity contribution in [2.75, 3.05) is 12.1 Å². The summed E-state index contributed by atoms with van der Waals surface area (Å²) in [5, 5.41) is 37.4. The van der Waals surface area contributed by atoms with E-state index in [1.807, 2.05) is 0 Å². The molecule has 1 aliphatic rings. The molecule has 23 heteroatoms. The molecule has 3 N–H and O–H groups in total. The second kappa shape index (κ2) is 14.9. The molecule has 1 aromatic carbocycles. The quantitative estimate of drug-likeness (QED) is 0.146. The number of nitrogens with zero attached hydrogens (tertiary/aromatic N) is 3. The van der Waals surface area contributed by atoms with Gasteiger partial charge >= 0.3 is 101 Å². The number of aliphatic hydroxyl groups excluding tert-OH is 3. The fourth-order valence-electron chi connectivity index (χ4n) is 3.57. The fourth-order valence-corrected chi connectivity index (χ4v) is 6.92. The maximum absolute atomic E-state index is 13.1. The molecule has 3 rings (SSSR count). The smallest absolute Gasteiger partial charge is 0.810 e. The Kier molecular flexibility index (Phi) is 15.4. The third-order valence-electron chi connectivity index (χ3n) is 5.16. The van der Waals surface area contributed by atoms with Gasteiger partial charge in [0.1, 0.15) is 24.0 Å². The summed E-state index contributed by atoms with van der Waals surface area (Å²) < 4.78 is 107. The minimum Gasteiger partial charge on any atom is -0.810 e. The predicted molar refractivity (Wildman–Crippen MR) is 102 cm³/mol. The number of hydrogen-bond donors (Lipinski definition) is 3. The molecule has 2 aromatic rings. The molecule has 1 unspecified atom stereocenters. The molecule has 12 nitrogen and oxygen atoms in total. The molecular weight excluding hydrogens is 635 g/mol. The Morgan fingerprint density at radius 1 is 0.950 bits per heavy atom. The van der Waals surface area contributed by atoms with Crippen LogP contribution < -0.4 is 103 Å². The van der Waals surface area contributed by atoms with Gasteiger partial charge in [-0.15, -0.1) is 5.10 Å². The van der Waals surface area contributed by atoms with Crippen LogP contribution in [0, 0.1) is 0 Å². The molecule has 0 bridgehead atoms. The number of halogens is 6. The summed E-state index contributed by atoms with van der Waals surface area (Å²) in [7, 11) is -10.5. The SMILES string of the molecule is O=P([O-])([O-])CP(=O)([O-])C[C@@H](O)[C@H]1O[C@@H](n2cc(-c3cc(C(F)(F)F)cc(C(F)(F)F)c3)nn2)[C@H](O)[C@@H]1O.[Na+].[Na+].[Na+]. The van der Waals surface area contributed by atoms with Gasteiger partial charge in [-0.3, -0.25) is 0 Å². The third-order valence-corrected chi connectivity index (χ3v) is 9.20. The zero-order valence-corrected chi connectivity index (χ0v) is 28.7. The summed E-state index contributed by atoms with van der Waals surface area (Å²) in [6.45, 7) is 0. The van der Waals surface area contributed by atoms with Crippen molar-refractivity contribution in [1.29, 1.82) is 0 Å². The molecule has 6 atom stereocenters. The molecule has 1 saturated heterocycles. The number of hydrogen-bond acceptors (Lipinski definition) is 11. The summed E-state index contributed by atoms with van der Waals surface area (Å²) in [6, 6.07) is 0.633. The molecule has 0 saturated carbocycles. The van der Waals surface area contributed by atoms with E-state index >= 15 is 0 Å². The Morgan fingerprint density at radius 2 is 1.45 bits per heavy atom. The number of rotatable bonds is 7. The minimum absolute atomic E-state index is 0. The van der Waals surface area contributed by atoms with Crippen molar-refractivity contribution in [2.24, 2.45) is 0 Å². The Labute approximate surface area is 288 Å². The van der Waals surface area contributed by atoms with Gasteiger partial charge in [-0.2, -0.15) is 26.3 Å². The van der Waals surface area contributed by atoms with E-state index < -0.39 is 92.4 Å². The van der Waals surface area contributed by atoms with Crippen molar-refractivity contribution in [3.05, 3.63) is 35.5 Å². The van der Waals surface area contributed by atoms with Gasteiger partial charge in [-0.05, 0) is 18.2 Å². The van der Waals surface area contributed by atoms with Gasteiger partial charge < -0.3 is 43.9 Å². The van der Waals surface area contributed by atoms with Crippen molar-refractivity contribution in [3.63, 3.8) is 0 Å². The maximum Gasteiger partial charge on any atom is 1.00 e. The molecule has 0 radical (unpaired) electrons. The van der Waals surface area contributed by atoms with E-state index in [2.05, 4.69) is 10.3 Å². The van der Waals surface area contributed by atoms with Crippen LogP contribution >= 0.6 is 15.0 Å². The maximum atomic E-state index is 13.1. The molecule has 1 aliphatic heterocycles. The number of alkyl halides is 6. The first-order valence-corrected chi connectivity index (χ1v) is 13.6. The standard InChI is InChI=1S/C17H19F6N3O9P2.3Na/c18-16(19,20)8-1-7(2-9(3-8)17(21,22)23)10-4-26(25-24-10)15-13(29)12(28)14(35-15)11(27)5-36(30,31)6-37(32,33)34;;;/h1-4,11-15,27-29H,5-6H2,(H,30,31)(H2,32,33,34);;;/q;3*+1/p-3/t11-,12+,13-,14-,15-;;;/m1.../s1. The first kappa shape index (κ1) is 41.1. The second-order valence-electron chi connectivity index (χ2n) is 8.17. The van der Waals surface area contributed by atoms with E-state index in [0.29, 0.717) is 16.8 Å². The van der Waals surface area contributed by atoms with Crippen LogP contribution in [0.15, 0.2) is 24.4 Å². The van der Waals surface area contributed by atoms with Crippen molar-refractivity contribution in [1.82, 2.24) is 15.0 Å². The van der Waals surface area contributed by atoms with E-state index in [1.54, 1.807) is 0 Å². The Hall–Kier alpha value is 1.12. The number of aromatic nitrogens is 3. The first-order valence-electron chi connectivity index (χ1n) is 9.89. The molecule has 0 aliphatic carbocycles. The van der Waals surface area contributed by atoms with Gasteiger partial charge in [0.15, 0.2) is 6.23 Å². The van der Waals surface area contributed by atoms with Crippen LogP contribution in [0.2, 0.25) is 0 Å². The Balaban J connectivity index is 0.00000507. The Morgan fingerprint density at radius 3 is 1.90 bits per heavy atom. The fraction of sp³-hybridized carbons (Fsp3) is 0.529. The average molecular weight is 651 g/mol. The van der Waals surface area contributed by atoms with E-state index in [0.717, 1.165) is 6.20 Å². The van der Waals surface area contributed by atoms with E-state index in [9.17, 15) is 65.5 Å². The first-order chi connectivity index (χ1) is 16.7. The van der Waals surface area contributed by atoms with Gasteiger partial charge in [0.25, 0.3) is 0 Å². The molecule has 208 valence electrons. The van der Waals surface area contributed by atoms with Gasteiger partial charge in [0.05, 0.1) is 23.4 Å². The van der Waals surface area contributed by atoms with Gasteiger partial charge in [-0.1, -0.05) is 12.8 Å². The van der Waals surface area contributed by atoms with E-state index in [4.69, 9.17) is 4.74 Å². The molecule has 0 spiro atoms. The Bertz CT molecular complexity index is 1220. The summed E-state index contributed by atoms with van der Waals surface area (Å²) in [5.41, 5.74) is -4.46. The van der Waals surface area contributed by atoms with Crippen LogP contribution in [0.3, 0.4) is 0 Å². The van der Waals surface area contributed by atoms with E-state index in [1.165, 1.54) is 0 Å². The normalized spacial score (nSPS) is 23.8. The average Bonchev–Trinajstić information content (AvgIpc) is 3.30. The molecular formula is C17H16F6N3Na3O9P2. The van der Waals surface area contributed by atoms with Crippen LogP contribution in [-0.2, 0) is 26.2 Å². The second-order valence-corrected chi connectivity index (χ2v) is 12.5. The number of aliphatic hydroxyl groups is 3. The van der Waals surface area contributed by atoms with Crippen molar-refractivity contribution in [2.45, 2.75) is 43.0 Å². The van der Waals surface area contributed by atoms with Crippen molar-refractivity contribution >= 4 is 15.0 Å². The minimum atomic E-state index is -5.52.